The zero-order valence-corrected chi connectivity index (χ0v) is 20.8. The number of fused-ring (bicyclic) bond motifs is 2. The molecular formula is C25H31N5O4S. The van der Waals surface area contributed by atoms with E-state index < -0.39 is 11.7 Å². The normalized spacial score (nSPS) is 29.1. The number of aliphatic hydroxyl groups is 2. The van der Waals surface area contributed by atoms with Crippen LogP contribution in [0.2, 0.25) is 0 Å². The molecule has 10 heteroatoms. The van der Waals surface area contributed by atoms with E-state index in [4.69, 9.17) is 9.72 Å². The molecule has 35 heavy (non-hydrogen) atoms. The van der Waals surface area contributed by atoms with Crippen LogP contribution >= 0.6 is 11.3 Å². The molecular weight excluding hydrogens is 466 g/mol. The topological polar surface area (TPSA) is 124 Å². The van der Waals surface area contributed by atoms with E-state index in [1.807, 2.05) is 30.3 Å². The van der Waals surface area contributed by atoms with E-state index in [0.717, 1.165) is 50.7 Å². The second kappa shape index (κ2) is 8.55. The number of hydrogen-bond donors (Lipinski definition) is 4. The summed E-state index contributed by atoms with van der Waals surface area (Å²) in [7, 11) is 0. The van der Waals surface area contributed by atoms with E-state index in [9.17, 15) is 15.0 Å². The van der Waals surface area contributed by atoms with Crippen LogP contribution in [0.15, 0.2) is 18.5 Å². The first-order chi connectivity index (χ1) is 16.8. The summed E-state index contributed by atoms with van der Waals surface area (Å²) in [6, 6.07) is 2.31. The minimum absolute atomic E-state index is 0.168. The van der Waals surface area contributed by atoms with Gasteiger partial charge < -0.3 is 30.2 Å². The Bertz CT molecular complexity index is 1250. The Morgan fingerprint density at radius 2 is 2.14 bits per heavy atom. The number of anilines is 1. The fourth-order valence-corrected chi connectivity index (χ4v) is 7.25. The molecule has 1 amide bonds. The summed E-state index contributed by atoms with van der Waals surface area (Å²) in [5.74, 6) is 0.707. The Morgan fingerprint density at radius 3 is 2.83 bits per heavy atom. The number of pyridine rings is 1. The smallest absolute Gasteiger partial charge is 0.251 e. The molecule has 5 atom stereocenters. The Hall–Kier alpha value is -2.53. The Balaban J connectivity index is 1.28. The van der Waals surface area contributed by atoms with Gasteiger partial charge in [-0.15, -0.1) is 11.3 Å². The second-order valence-corrected chi connectivity index (χ2v) is 11.3. The predicted molar refractivity (Wildman–Crippen MR) is 133 cm³/mol. The van der Waals surface area contributed by atoms with E-state index in [-0.39, 0.29) is 11.9 Å². The van der Waals surface area contributed by atoms with Gasteiger partial charge in [0.1, 0.15) is 22.4 Å². The summed E-state index contributed by atoms with van der Waals surface area (Å²) < 4.78 is 5.48. The van der Waals surface area contributed by atoms with E-state index >= 15 is 0 Å². The zero-order valence-electron chi connectivity index (χ0n) is 20.0. The molecule has 0 spiro atoms. The van der Waals surface area contributed by atoms with Gasteiger partial charge >= 0.3 is 0 Å². The summed E-state index contributed by atoms with van der Waals surface area (Å²) in [5.41, 5.74) is 2.61. The van der Waals surface area contributed by atoms with Crippen molar-refractivity contribution in [2.75, 3.05) is 31.6 Å². The van der Waals surface area contributed by atoms with Crippen molar-refractivity contribution in [3.8, 4) is 10.6 Å². The number of rotatable bonds is 5. The molecule has 5 heterocycles. The van der Waals surface area contributed by atoms with Crippen molar-refractivity contribution in [1.82, 2.24) is 19.9 Å². The van der Waals surface area contributed by atoms with Gasteiger partial charge in [0.25, 0.3) is 5.91 Å². The van der Waals surface area contributed by atoms with Crippen molar-refractivity contribution in [2.24, 2.45) is 11.8 Å². The van der Waals surface area contributed by atoms with E-state index in [1.54, 1.807) is 0 Å². The molecule has 1 saturated carbocycles. The van der Waals surface area contributed by atoms with Crippen LogP contribution in [0, 0.1) is 18.8 Å². The highest BCUT2D eigenvalue weighted by molar-refractivity contribution is 7.15. The maximum atomic E-state index is 12.2. The van der Waals surface area contributed by atoms with E-state index in [0.29, 0.717) is 44.6 Å². The number of aromatic nitrogens is 3. The molecule has 0 bridgehead atoms. The van der Waals surface area contributed by atoms with Gasteiger partial charge in [-0.2, -0.15) is 0 Å². The number of nitrogens with one attached hydrogen (secondary N) is 2. The summed E-state index contributed by atoms with van der Waals surface area (Å²) in [6.07, 6.45) is 5.34. The summed E-state index contributed by atoms with van der Waals surface area (Å²) >= 11 is 1.52. The van der Waals surface area contributed by atoms with Gasteiger partial charge in [0, 0.05) is 49.9 Å². The molecule has 9 nitrogen and oxygen atoms in total. The van der Waals surface area contributed by atoms with Gasteiger partial charge in [-0.05, 0) is 44.6 Å². The SMILES string of the molecule is Cc1nc(-c2cnc3[nH]ccc3c2NC2C[C@@H]3CN(C(=O)[C@H](C)O)C[C@@H]3C2)sc1C1(O)CCOC1. The molecule has 3 aromatic heterocycles. The van der Waals surface area contributed by atoms with Crippen LogP contribution in [0.3, 0.4) is 0 Å². The molecule has 3 fully saturated rings. The molecule has 6 rings (SSSR count). The maximum absolute atomic E-state index is 12.2. The van der Waals surface area contributed by atoms with Crippen LogP contribution in [-0.2, 0) is 15.1 Å². The van der Waals surface area contributed by atoms with Crippen LogP contribution in [0.1, 0.15) is 36.8 Å². The third kappa shape index (κ3) is 3.92. The molecule has 2 unspecified atom stereocenters. The summed E-state index contributed by atoms with van der Waals surface area (Å²) in [4.78, 5) is 27.6. The molecule has 2 aliphatic heterocycles. The lowest BCUT2D eigenvalue weighted by Gasteiger charge is -2.22. The first-order valence-corrected chi connectivity index (χ1v) is 13.1. The predicted octanol–water partition coefficient (Wildman–Crippen LogP) is 2.63. The Labute approximate surface area is 207 Å². The van der Waals surface area contributed by atoms with E-state index in [2.05, 4.69) is 15.3 Å². The third-order valence-electron chi connectivity index (χ3n) is 7.81. The molecule has 3 aromatic rings. The fourth-order valence-electron chi connectivity index (χ4n) is 6.07. The number of aryl methyl sites for hydroxylation is 1. The van der Waals surface area contributed by atoms with Crippen molar-refractivity contribution in [3.63, 3.8) is 0 Å². The van der Waals surface area contributed by atoms with Gasteiger partial charge in [-0.25, -0.2) is 9.97 Å². The van der Waals surface area contributed by atoms with Crippen molar-refractivity contribution in [2.45, 2.75) is 50.9 Å². The molecule has 2 saturated heterocycles. The van der Waals surface area contributed by atoms with Crippen LogP contribution in [0.25, 0.3) is 21.6 Å². The number of amides is 1. The van der Waals surface area contributed by atoms with Gasteiger partial charge in [-0.3, -0.25) is 4.79 Å². The van der Waals surface area contributed by atoms with Crippen LogP contribution < -0.4 is 5.32 Å². The lowest BCUT2D eigenvalue weighted by atomic mass is 10.0. The minimum atomic E-state index is -0.975. The monoisotopic (exact) mass is 497 g/mol. The lowest BCUT2D eigenvalue weighted by Crippen LogP contribution is -2.37. The van der Waals surface area contributed by atoms with Gasteiger partial charge in [0.15, 0.2) is 0 Å². The van der Waals surface area contributed by atoms with Gasteiger partial charge in [0.2, 0.25) is 0 Å². The molecule has 0 radical (unpaired) electrons. The number of H-pyrrole nitrogens is 1. The van der Waals surface area contributed by atoms with Gasteiger partial charge in [0.05, 0.1) is 28.4 Å². The quantitative estimate of drug-likeness (QED) is 0.427. The molecule has 3 aliphatic rings. The van der Waals surface area contributed by atoms with Crippen LogP contribution in [0.4, 0.5) is 5.69 Å². The maximum Gasteiger partial charge on any atom is 0.251 e. The van der Waals surface area contributed by atoms with Gasteiger partial charge in [-0.1, -0.05) is 0 Å². The highest BCUT2D eigenvalue weighted by Crippen LogP contribution is 2.44. The number of aromatic amines is 1. The molecule has 186 valence electrons. The summed E-state index contributed by atoms with van der Waals surface area (Å²) in [5, 5.41) is 26.4. The summed E-state index contributed by atoms with van der Waals surface area (Å²) in [6.45, 7) is 5.76. The fraction of sp³-hybridized carbons (Fsp3) is 0.560. The number of carbonyl (C=O) groups is 1. The highest BCUT2D eigenvalue weighted by Gasteiger charge is 2.43. The molecule has 1 aliphatic carbocycles. The number of likely N-dealkylation sites (tertiary alicyclic amines) is 1. The Morgan fingerprint density at radius 1 is 1.37 bits per heavy atom. The number of aliphatic hydroxyl groups excluding tert-OH is 1. The van der Waals surface area contributed by atoms with Crippen molar-refractivity contribution in [1.29, 1.82) is 0 Å². The first-order valence-electron chi connectivity index (χ1n) is 12.3. The number of carbonyl (C=O) groups excluding carboxylic acids is 1. The van der Waals surface area contributed by atoms with Crippen molar-refractivity contribution < 1.29 is 19.7 Å². The largest absolute Gasteiger partial charge is 0.384 e. The zero-order chi connectivity index (χ0) is 24.3. The molecule has 4 N–H and O–H groups in total. The number of ether oxygens (including phenoxy) is 1. The van der Waals surface area contributed by atoms with Crippen LogP contribution in [-0.4, -0.2) is 74.4 Å². The van der Waals surface area contributed by atoms with E-state index in [1.165, 1.54) is 18.3 Å². The van der Waals surface area contributed by atoms with Crippen LogP contribution in [0.5, 0.6) is 0 Å². The average molecular weight is 498 g/mol. The second-order valence-electron chi connectivity index (χ2n) is 10.3. The van der Waals surface area contributed by atoms with Crippen molar-refractivity contribution in [3.05, 3.63) is 29.0 Å². The number of thiazole rings is 1. The number of hydrogen-bond acceptors (Lipinski definition) is 8. The standard InChI is InChI=1S/C25H31N5O4S/c1-13-21(25(33)4-6-34-12-25)35-23(28-13)19-9-27-22-18(3-5-26-22)20(19)29-17-7-15-10-30(11-16(15)8-17)24(32)14(2)31/h3,5,9,14-17,31,33H,4,6-8,10-12H2,1-2H3,(H2,26,27,29)/t14-,15-,16+,17?,25?/m0/s1. The van der Waals surface area contributed by atoms with Crippen molar-refractivity contribution >= 4 is 34.0 Å². The minimum Gasteiger partial charge on any atom is -0.384 e. The average Bonchev–Trinajstić information content (AvgIpc) is 3.62. The third-order valence-corrected chi connectivity index (χ3v) is 9.19. The Kier molecular flexibility index (Phi) is 5.59. The highest BCUT2D eigenvalue weighted by atomic mass is 32.1. The first kappa shape index (κ1) is 22.9. The molecule has 0 aromatic carbocycles. The lowest BCUT2D eigenvalue weighted by molar-refractivity contribution is -0.138. The number of nitrogens with zero attached hydrogens (tertiary/aromatic N) is 3.